The Bertz CT molecular complexity index is 581. The molecule has 0 bridgehead atoms. The van der Waals surface area contributed by atoms with E-state index < -0.39 is 17.9 Å². The number of hydrogen-bond acceptors (Lipinski definition) is 4. The largest absolute Gasteiger partial charge is 0.482 e. The van der Waals surface area contributed by atoms with Crippen molar-refractivity contribution in [3.8, 4) is 5.75 Å². The van der Waals surface area contributed by atoms with Gasteiger partial charge in [0.25, 0.3) is 5.91 Å². The van der Waals surface area contributed by atoms with E-state index in [2.05, 4.69) is 0 Å². The van der Waals surface area contributed by atoms with Crippen molar-refractivity contribution in [3.05, 3.63) is 23.8 Å². The summed E-state index contributed by atoms with van der Waals surface area (Å²) in [7, 11) is 0. The highest BCUT2D eigenvalue weighted by Gasteiger charge is 2.35. The zero-order chi connectivity index (χ0) is 14.9. The number of carboxylic acids is 1. The molecule has 2 rings (SSSR count). The van der Waals surface area contributed by atoms with Gasteiger partial charge in [0, 0.05) is 5.56 Å². The minimum Gasteiger partial charge on any atom is -0.482 e. The van der Waals surface area contributed by atoms with Crippen LogP contribution in [0.25, 0.3) is 0 Å². The first-order chi connectivity index (χ1) is 9.45. The van der Waals surface area contributed by atoms with Gasteiger partial charge < -0.3 is 9.84 Å². The molecule has 0 saturated heterocycles. The Hall–Kier alpha value is -2.37. The van der Waals surface area contributed by atoms with E-state index in [1.165, 1.54) is 17.9 Å². The molecular formula is C14H15NO5. The maximum Gasteiger partial charge on any atom is 0.326 e. The van der Waals surface area contributed by atoms with Gasteiger partial charge in [0.2, 0.25) is 0 Å². The normalized spacial score (nSPS) is 15.3. The smallest absolute Gasteiger partial charge is 0.326 e. The molecule has 1 amide bonds. The Labute approximate surface area is 115 Å². The van der Waals surface area contributed by atoms with Gasteiger partial charge in [-0.2, -0.15) is 0 Å². The number of nitrogens with zero attached hydrogens (tertiary/aromatic N) is 1. The van der Waals surface area contributed by atoms with Gasteiger partial charge in [-0.25, -0.2) is 4.79 Å². The van der Waals surface area contributed by atoms with Crippen molar-refractivity contribution in [2.45, 2.75) is 26.3 Å². The second-order valence-corrected chi connectivity index (χ2v) is 4.55. The van der Waals surface area contributed by atoms with Crippen molar-refractivity contribution in [1.82, 2.24) is 0 Å². The zero-order valence-electron chi connectivity index (χ0n) is 11.3. The predicted molar refractivity (Wildman–Crippen MR) is 71.1 cm³/mol. The summed E-state index contributed by atoms with van der Waals surface area (Å²) in [6.07, 6.45) is 0.269. The second kappa shape index (κ2) is 5.32. The first kappa shape index (κ1) is 14.0. The van der Waals surface area contributed by atoms with Gasteiger partial charge in [-0.3, -0.25) is 14.5 Å². The molecule has 1 aliphatic rings. The Balaban J connectivity index is 2.54. The number of ketones is 1. The molecule has 1 atom stereocenters. The Kier molecular flexibility index (Phi) is 3.74. The van der Waals surface area contributed by atoms with Crippen LogP contribution < -0.4 is 9.64 Å². The van der Waals surface area contributed by atoms with E-state index in [0.29, 0.717) is 17.0 Å². The fraction of sp³-hybridized carbons (Fsp3) is 0.357. The summed E-state index contributed by atoms with van der Waals surface area (Å²) in [6.45, 7) is 2.90. The molecule has 20 heavy (non-hydrogen) atoms. The fourth-order valence-electron chi connectivity index (χ4n) is 2.20. The number of carboxylic acid groups (broad SMARTS) is 1. The van der Waals surface area contributed by atoms with Crippen LogP contribution in [0, 0.1) is 0 Å². The van der Waals surface area contributed by atoms with E-state index in [9.17, 15) is 19.5 Å². The highest BCUT2D eigenvalue weighted by molar-refractivity contribution is 6.04. The van der Waals surface area contributed by atoms with Crippen LogP contribution in [-0.4, -0.2) is 35.4 Å². The standard InChI is InChI=1S/C14H15NO5/c1-3-10(14(18)19)15-11-6-9(8(2)16)4-5-12(11)20-7-13(15)17/h4-6,10H,3,7H2,1-2H3,(H,18,19). The highest BCUT2D eigenvalue weighted by Crippen LogP contribution is 2.35. The SMILES string of the molecule is CCC(C(=O)O)N1C(=O)COc2ccc(C(C)=O)cc21. The molecule has 0 aromatic heterocycles. The first-order valence-corrected chi connectivity index (χ1v) is 6.28. The minimum atomic E-state index is -1.08. The number of carbonyl (C=O) groups excluding carboxylic acids is 2. The quantitative estimate of drug-likeness (QED) is 0.843. The zero-order valence-corrected chi connectivity index (χ0v) is 11.3. The van der Waals surface area contributed by atoms with E-state index >= 15 is 0 Å². The fourth-order valence-corrected chi connectivity index (χ4v) is 2.20. The molecule has 1 N–H and O–H groups in total. The van der Waals surface area contributed by atoms with Gasteiger partial charge in [0.05, 0.1) is 5.69 Å². The lowest BCUT2D eigenvalue weighted by molar-refractivity contribution is -0.140. The third-order valence-electron chi connectivity index (χ3n) is 3.23. The number of aliphatic carboxylic acids is 1. The number of Topliss-reactive ketones (excluding diaryl/α,β-unsaturated/α-hetero) is 1. The van der Waals surface area contributed by atoms with Crippen LogP contribution in [-0.2, 0) is 9.59 Å². The lowest BCUT2D eigenvalue weighted by atomic mass is 10.1. The number of carbonyl (C=O) groups is 3. The van der Waals surface area contributed by atoms with Gasteiger partial charge in [0.15, 0.2) is 12.4 Å². The molecule has 1 unspecified atom stereocenters. The Morgan fingerprint density at radius 2 is 2.15 bits per heavy atom. The van der Waals surface area contributed by atoms with Crippen molar-refractivity contribution >= 4 is 23.3 Å². The third-order valence-corrected chi connectivity index (χ3v) is 3.23. The molecule has 1 aromatic carbocycles. The maximum atomic E-state index is 12.0. The number of benzene rings is 1. The van der Waals surface area contributed by atoms with Crippen molar-refractivity contribution in [2.24, 2.45) is 0 Å². The second-order valence-electron chi connectivity index (χ2n) is 4.55. The van der Waals surface area contributed by atoms with E-state index in [0.717, 1.165) is 0 Å². The Morgan fingerprint density at radius 1 is 1.45 bits per heavy atom. The molecule has 1 heterocycles. The van der Waals surface area contributed by atoms with Crippen molar-refractivity contribution in [2.75, 3.05) is 11.5 Å². The summed E-state index contributed by atoms with van der Waals surface area (Å²) in [6, 6.07) is 3.71. The molecule has 0 aliphatic carbocycles. The predicted octanol–water partition coefficient (Wildman–Crippen LogP) is 1.48. The molecule has 0 saturated carbocycles. The van der Waals surface area contributed by atoms with Crippen LogP contribution in [0.4, 0.5) is 5.69 Å². The number of hydrogen-bond donors (Lipinski definition) is 1. The summed E-state index contributed by atoms with van der Waals surface area (Å²) < 4.78 is 5.28. The molecular weight excluding hydrogens is 262 g/mol. The number of anilines is 1. The minimum absolute atomic E-state index is 0.158. The molecule has 106 valence electrons. The molecule has 0 fully saturated rings. The summed E-state index contributed by atoms with van der Waals surface area (Å²) in [5.41, 5.74) is 0.746. The topological polar surface area (TPSA) is 83.9 Å². The van der Waals surface area contributed by atoms with Crippen LogP contribution in [0.5, 0.6) is 5.75 Å². The van der Waals surface area contributed by atoms with Crippen molar-refractivity contribution in [3.63, 3.8) is 0 Å². The monoisotopic (exact) mass is 277 g/mol. The van der Waals surface area contributed by atoms with E-state index in [4.69, 9.17) is 4.74 Å². The lowest BCUT2D eigenvalue weighted by Gasteiger charge is -2.33. The summed E-state index contributed by atoms with van der Waals surface area (Å²) in [5, 5.41) is 9.25. The van der Waals surface area contributed by atoms with Gasteiger partial charge in [-0.1, -0.05) is 6.92 Å². The molecule has 6 heteroatoms. The number of amides is 1. The van der Waals surface area contributed by atoms with Crippen LogP contribution in [0.2, 0.25) is 0 Å². The van der Waals surface area contributed by atoms with Gasteiger partial charge in [-0.05, 0) is 31.5 Å². The van der Waals surface area contributed by atoms with Crippen molar-refractivity contribution < 1.29 is 24.2 Å². The number of rotatable bonds is 4. The van der Waals surface area contributed by atoms with Gasteiger partial charge in [0.1, 0.15) is 11.8 Å². The number of fused-ring (bicyclic) bond motifs is 1. The third kappa shape index (κ3) is 2.36. The van der Waals surface area contributed by atoms with E-state index in [1.54, 1.807) is 19.1 Å². The molecule has 6 nitrogen and oxygen atoms in total. The maximum absolute atomic E-state index is 12.0. The van der Waals surface area contributed by atoms with Crippen LogP contribution in [0.1, 0.15) is 30.6 Å². The Morgan fingerprint density at radius 3 is 2.70 bits per heavy atom. The van der Waals surface area contributed by atoms with Crippen LogP contribution in [0.15, 0.2) is 18.2 Å². The lowest BCUT2D eigenvalue weighted by Crippen LogP contribution is -2.49. The number of ether oxygens (including phenoxy) is 1. The van der Waals surface area contributed by atoms with Crippen molar-refractivity contribution in [1.29, 1.82) is 0 Å². The van der Waals surface area contributed by atoms with E-state index in [1.807, 2.05) is 0 Å². The molecule has 0 spiro atoms. The highest BCUT2D eigenvalue weighted by atomic mass is 16.5. The molecule has 1 aromatic rings. The van der Waals surface area contributed by atoms with Crippen LogP contribution in [0.3, 0.4) is 0 Å². The van der Waals surface area contributed by atoms with Crippen LogP contribution >= 0.6 is 0 Å². The average Bonchev–Trinajstić information content (AvgIpc) is 2.41. The van der Waals surface area contributed by atoms with Gasteiger partial charge in [-0.15, -0.1) is 0 Å². The summed E-state index contributed by atoms with van der Waals surface area (Å²) >= 11 is 0. The summed E-state index contributed by atoms with van der Waals surface area (Å²) in [5.74, 6) is -1.25. The van der Waals surface area contributed by atoms with E-state index in [-0.39, 0.29) is 18.8 Å². The summed E-state index contributed by atoms with van der Waals surface area (Å²) in [4.78, 5) is 35.9. The first-order valence-electron chi connectivity index (χ1n) is 6.28. The average molecular weight is 277 g/mol. The molecule has 1 aliphatic heterocycles. The molecule has 0 radical (unpaired) electrons. The van der Waals surface area contributed by atoms with Gasteiger partial charge >= 0.3 is 5.97 Å².